The third kappa shape index (κ3) is 3.11. The second-order valence-corrected chi connectivity index (χ2v) is 4.73. The molecule has 0 aliphatic heterocycles. The van der Waals surface area contributed by atoms with Crippen LogP contribution in [0.3, 0.4) is 0 Å². The Bertz CT molecular complexity index is 210. The molecule has 0 saturated heterocycles. The maximum atomic E-state index is 11.6. The van der Waals surface area contributed by atoms with Crippen LogP contribution >= 0.6 is 0 Å². The van der Waals surface area contributed by atoms with Gasteiger partial charge in [-0.1, -0.05) is 19.8 Å². The van der Waals surface area contributed by atoms with Crippen molar-refractivity contribution in [1.29, 1.82) is 0 Å². The number of urea groups is 1. The zero-order chi connectivity index (χ0) is 11.3. The second-order valence-electron chi connectivity index (χ2n) is 4.73. The lowest BCUT2D eigenvalue weighted by Crippen LogP contribution is -2.42. The first-order valence-corrected chi connectivity index (χ1v) is 6.12. The summed E-state index contributed by atoms with van der Waals surface area (Å²) in [5, 5.41) is 3.05. The lowest BCUT2D eigenvalue weighted by molar-refractivity contribution is 0.198. The van der Waals surface area contributed by atoms with Crippen molar-refractivity contribution >= 4 is 6.03 Å². The Labute approximate surface area is 93.2 Å². The quantitative estimate of drug-likeness (QED) is 0.763. The van der Waals surface area contributed by atoms with E-state index in [0.717, 1.165) is 13.1 Å². The first kappa shape index (κ1) is 12.3. The Morgan fingerprint density at radius 3 is 2.40 bits per heavy atom. The Morgan fingerprint density at radius 2 is 1.93 bits per heavy atom. The van der Waals surface area contributed by atoms with E-state index in [1.807, 2.05) is 14.0 Å². The van der Waals surface area contributed by atoms with Gasteiger partial charge in [-0.25, -0.2) is 4.79 Å². The molecule has 2 amide bonds. The molecule has 1 aliphatic rings. The van der Waals surface area contributed by atoms with Crippen molar-refractivity contribution in [3.63, 3.8) is 0 Å². The van der Waals surface area contributed by atoms with Crippen molar-refractivity contribution in [1.82, 2.24) is 10.2 Å². The summed E-state index contributed by atoms with van der Waals surface area (Å²) in [6.07, 6.45) is 6.39. The number of hydrogen-bond donors (Lipinski definition) is 1. The van der Waals surface area contributed by atoms with Crippen LogP contribution < -0.4 is 5.32 Å². The van der Waals surface area contributed by atoms with E-state index in [9.17, 15) is 4.79 Å². The van der Waals surface area contributed by atoms with Crippen LogP contribution in [0.15, 0.2) is 0 Å². The summed E-state index contributed by atoms with van der Waals surface area (Å²) in [6, 6.07) is 0.0669. The summed E-state index contributed by atoms with van der Waals surface area (Å²) in [7, 11) is 1.84. The summed E-state index contributed by atoms with van der Waals surface area (Å²) >= 11 is 0. The fourth-order valence-electron chi connectivity index (χ4n) is 2.32. The third-order valence-electron chi connectivity index (χ3n) is 3.85. The number of carbonyl (C=O) groups is 1. The molecule has 1 aliphatic carbocycles. The SMILES string of the molecule is CCN(C)C(=O)NCC1(CC)CCCC1. The van der Waals surface area contributed by atoms with E-state index in [1.54, 1.807) is 4.90 Å². The molecule has 1 rings (SSSR count). The highest BCUT2D eigenvalue weighted by Gasteiger charge is 2.32. The normalized spacial score (nSPS) is 18.9. The van der Waals surface area contributed by atoms with Crippen molar-refractivity contribution in [2.45, 2.75) is 46.0 Å². The molecular formula is C12H24N2O. The second kappa shape index (κ2) is 5.38. The van der Waals surface area contributed by atoms with Crippen LogP contribution in [0.5, 0.6) is 0 Å². The Hall–Kier alpha value is -0.730. The molecule has 0 bridgehead atoms. The number of amides is 2. The van der Waals surface area contributed by atoms with Gasteiger partial charge in [0.05, 0.1) is 0 Å². The van der Waals surface area contributed by atoms with Crippen molar-refractivity contribution in [2.24, 2.45) is 5.41 Å². The van der Waals surface area contributed by atoms with Crippen LogP contribution in [0.1, 0.15) is 46.0 Å². The van der Waals surface area contributed by atoms with Gasteiger partial charge in [-0.05, 0) is 31.6 Å². The Balaban J connectivity index is 2.37. The highest BCUT2D eigenvalue weighted by Crippen LogP contribution is 2.40. The van der Waals surface area contributed by atoms with Gasteiger partial charge in [0.15, 0.2) is 0 Å². The van der Waals surface area contributed by atoms with Gasteiger partial charge in [0.2, 0.25) is 0 Å². The molecule has 0 heterocycles. The van der Waals surface area contributed by atoms with Gasteiger partial charge in [-0.15, -0.1) is 0 Å². The van der Waals surface area contributed by atoms with Crippen LogP contribution in [0.2, 0.25) is 0 Å². The molecule has 1 N–H and O–H groups in total. The zero-order valence-corrected chi connectivity index (χ0v) is 10.3. The summed E-state index contributed by atoms with van der Waals surface area (Å²) in [5.74, 6) is 0. The minimum absolute atomic E-state index is 0.0669. The third-order valence-corrected chi connectivity index (χ3v) is 3.85. The first-order chi connectivity index (χ1) is 7.13. The lowest BCUT2D eigenvalue weighted by atomic mass is 9.83. The van der Waals surface area contributed by atoms with E-state index in [2.05, 4.69) is 12.2 Å². The van der Waals surface area contributed by atoms with Crippen molar-refractivity contribution in [3.8, 4) is 0 Å². The molecule has 0 aromatic rings. The molecule has 0 atom stereocenters. The number of nitrogens with one attached hydrogen (secondary N) is 1. The summed E-state index contributed by atoms with van der Waals surface area (Å²) in [6.45, 7) is 5.85. The van der Waals surface area contributed by atoms with E-state index in [1.165, 1.54) is 32.1 Å². The average Bonchev–Trinajstić information content (AvgIpc) is 2.74. The van der Waals surface area contributed by atoms with Gasteiger partial charge in [0.25, 0.3) is 0 Å². The molecule has 3 nitrogen and oxygen atoms in total. The molecular weight excluding hydrogens is 188 g/mol. The first-order valence-electron chi connectivity index (χ1n) is 6.12. The van der Waals surface area contributed by atoms with Gasteiger partial charge < -0.3 is 10.2 Å². The molecule has 0 spiro atoms. The fourth-order valence-corrected chi connectivity index (χ4v) is 2.32. The monoisotopic (exact) mass is 212 g/mol. The van der Waals surface area contributed by atoms with Crippen LogP contribution in [0.25, 0.3) is 0 Å². The van der Waals surface area contributed by atoms with Gasteiger partial charge in [0.1, 0.15) is 0 Å². The maximum Gasteiger partial charge on any atom is 0.317 e. The average molecular weight is 212 g/mol. The van der Waals surface area contributed by atoms with Gasteiger partial charge >= 0.3 is 6.03 Å². The van der Waals surface area contributed by atoms with E-state index in [4.69, 9.17) is 0 Å². The zero-order valence-electron chi connectivity index (χ0n) is 10.3. The summed E-state index contributed by atoms with van der Waals surface area (Å²) in [5.41, 5.74) is 0.393. The highest BCUT2D eigenvalue weighted by molar-refractivity contribution is 5.73. The fraction of sp³-hybridized carbons (Fsp3) is 0.917. The van der Waals surface area contributed by atoms with Crippen LogP contribution in [0.4, 0.5) is 4.79 Å². The molecule has 0 unspecified atom stereocenters. The number of carbonyl (C=O) groups excluding carboxylic acids is 1. The molecule has 0 aromatic carbocycles. The van der Waals surface area contributed by atoms with Crippen molar-refractivity contribution in [3.05, 3.63) is 0 Å². The molecule has 3 heteroatoms. The van der Waals surface area contributed by atoms with Crippen molar-refractivity contribution in [2.75, 3.05) is 20.1 Å². The van der Waals surface area contributed by atoms with E-state index < -0.39 is 0 Å². The lowest BCUT2D eigenvalue weighted by Gasteiger charge is -2.28. The number of hydrogen-bond acceptors (Lipinski definition) is 1. The molecule has 0 radical (unpaired) electrons. The maximum absolute atomic E-state index is 11.6. The minimum atomic E-state index is 0.0669. The highest BCUT2D eigenvalue weighted by atomic mass is 16.2. The standard InChI is InChI=1S/C12H24N2O/c1-4-12(8-6-7-9-12)10-13-11(15)14(3)5-2/h4-10H2,1-3H3,(H,13,15). The Morgan fingerprint density at radius 1 is 1.33 bits per heavy atom. The van der Waals surface area contributed by atoms with Crippen LogP contribution in [-0.4, -0.2) is 31.1 Å². The van der Waals surface area contributed by atoms with E-state index in [0.29, 0.717) is 5.41 Å². The molecule has 1 fully saturated rings. The molecule has 88 valence electrons. The predicted octanol–water partition coefficient (Wildman–Crippen LogP) is 2.62. The van der Waals surface area contributed by atoms with Crippen LogP contribution in [-0.2, 0) is 0 Å². The van der Waals surface area contributed by atoms with E-state index >= 15 is 0 Å². The molecule has 15 heavy (non-hydrogen) atoms. The topological polar surface area (TPSA) is 32.3 Å². The largest absolute Gasteiger partial charge is 0.337 e. The molecule has 1 saturated carbocycles. The summed E-state index contributed by atoms with van der Waals surface area (Å²) < 4.78 is 0. The minimum Gasteiger partial charge on any atom is -0.337 e. The van der Waals surface area contributed by atoms with E-state index in [-0.39, 0.29) is 6.03 Å². The van der Waals surface area contributed by atoms with Crippen LogP contribution in [0, 0.1) is 5.41 Å². The molecule has 0 aromatic heterocycles. The summed E-state index contributed by atoms with van der Waals surface area (Å²) in [4.78, 5) is 13.3. The van der Waals surface area contributed by atoms with Crippen molar-refractivity contribution < 1.29 is 4.79 Å². The number of rotatable bonds is 4. The van der Waals surface area contributed by atoms with Gasteiger partial charge in [-0.3, -0.25) is 0 Å². The predicted molar refractivity (Wildman–Crippen MR) is 62.9 cm³/mol. The number of nitrogens with zero attached hydrogens (tertiary/aromatic N) is 1. The van der Waals surface area contributed by atoms with Gasteiger partial charge in [-0.2, -0.15) is 0 Å². The Kier molecular flexibility index (Phi) is 4.43. The van der Waals surface area contributed by atoms with Gasteiger partial charge in [0, 0.05) is 20.1 Å². The smallest absolute Gasteiger partial charge is 0.317 e.